The minimum Gasteiger partial charge on any atom is -0.107 e. The summed E-state index contributed by atoms with van der Waals surface area (Å²) in [4.78, 5) is 0. The summed E-state index contributed by atoms with van der Waals surface area (Å²) in [7, 11) is 0. The molecule has 0 heterocycles. The lowest BCUT2D eigenvalue weighted by Gasteiger charge is -2.07. The van der Waals surface area contributed by atoms with Crippen LogP contribution < -0.4 is 0 Å². The summed E-state index contributed by atoms with van der Waals surface area (Å²) < 4.78 is 0. The average molecular weight is 276 g/mol. The van der Waals surface area contributed by atoms with Crippen molar-refractivity contribution in [3.8, 4) is 0 Å². The normalized spacial score (nSPS) is 11.9. The minimum absolute atomic E-state index is 0. The van der Waals surface area contributed by atoms with E-state index in [0.717, 1.165) is 0 Å². The number of hydrogen-bond acceptors (Lipinski definition) is 0. The third-order valence-electron chi connectivity index (χ3n) is 2.26. The highest BCUT2D eigenvalue weighted by Gasteiger charge is 2.00. The van der Waals surface area contributed by atoms with E-state index in [1.807, 2.05) is 0 Å². The van der Waals surface area contributed by atoms with Crippen molar-refractivity contribution in [2.45, 2.75) is 33.1 Å². The van der Waals surface area contributed by atoms with Crippen LogP contribution in [0.3, 0.4) is 0 Å². The summed E-state index contributed by atoms with van der Waals surface area (Å²) in [5.74, 6) is 0.704. The van der Waals surface area contributed by atoms with Gasteiger partial charge < -0.3 is 0 Å². The van der Waals surface area contributed by atoms with Gasteiger partial charge in [-0.3, -0.25) is 0 Å². The molecule has 0 bridgehead atoms. The van der Waals surface area contributed by atoms with Crippen molar-refractivity contribution in [1.29, 1.82) is 0 Å². The first-order chi connectivity index (χ1) is 5.24. The van der Waals surface area contributed by atoms with Gasteiger partial charge in [0.1, 0.15) is 0 Å². The summed E-state index contributed by atoms with van der Waals surface area (Å²) in [5, 5.41) is 0. The van der Waals surface area contributed by atoms with Crippen molar-refractivity contribution in [2.75, 3.05) is 0 Å². The molecule has 1 rings (SSSR count). The van der Waals surface area contributed by atoms with Crippen LogP contribution >= 0.6 is 24.0 Å². The van der Waals surface area contributed by atoms with Crippen LogP contribution in [-0.4, -0.2) is 0 Å². The van der Waals surface area contributed by atoms with Gasteiger partial charge >= 0.3 is 0 Å². The van der Waals surface area contributed by atoms with Gasteiger partial charge in [0.2, 0.25) is 0 Å². The average Bonchev–Trinajstić information content (AvgIpc) is 2.05. The van der Waals surface area contributed by atoms with E-state index in [1.165, 1.54) is 17.5 Å². The zero-order chi connectivity index (χ0) is 8.27. The highest BCUT2D eigenvalue weighted by atomic mass is 127. The first-order valence-electron chi connectivity index (χ1n) is 4.30. The molecule has 0 aliphatic rings. The number of aryl methyl sites for hydroxylation is 1. The Labute approximate surface area is 92.4 Å². The lowest BCUT2D eigenvalue weighted by atomic mass is 9.98. The van der Waals surface area contributed by atoms with E-state index in [-0.39, 0.29) is 24.0 Å². The fourth-order valence-corrected chi connectivity index (χ4v) is 1.13. The number of halogens is 1. The molecule has 1 aromatic rings. The molecule has 0 spiro atoms. The third kappa shape index (κ3) is 3.13. The molecule has 0 nitrogen and oxygen atoms in total. The molecule has 1 aromatic carbocycles. The second-order valence-electron chi connectivity index (χ2n) is 3.22. The van der Waals surface area contributed by atoms with E-state index in [0.29, 0.717) is 5.92 Å². The smallest absolute Gasteiger partial charge is 0.0193 e. The maximum atomic E-state index is 2.27. The molecule has 0 amide bonds. The molecule has 0 unspecified atom stereocenters. The summed E-state index contributed by atoms with van der Waals surface area (Å²) in [5.41, 5.74) is 2.80. The van der Waals surface area contributed by atoms with Gasteiger partial charge in [0.15, 0.2) is 0 Å². The summed E-state index contributed by atoms with van der Waals surface area (Å²) in [6, 6.07) is 8.82. The first kappa shape index (κ1) is 11.9. The molecule has 0 fully saturated rings. The van der Waals surface area contributed by atoms with Gasteiger partial charge in [-0.1, -0.05) is 43.7 Å². The third-order valence-corrected chi connectivity index (χ3v) is 2.26. The monoisotopic (exact) mass is 276 g/mol. The highest BCUT2D eigenvalue weighted by molar-refractivity contribution is 14.0. The standard InChI is InChI=1S/C11H16.HI/c1-4-10(3)11-7-5-9(2)6-8-11;/h5-8,10H,4H2,1-3H3;1H/t10-;/m0./s1. The molecule has 1 heteroatoms. The Morgan fingerprint density at radius 3 is 2.08 bits per heavy atom. The number of rotatable bonds is 2. The molecule has 1 atom stereocenters. The van der Waals surface area contributed by atoms with Crippen LogP contribution in [0.25, 0.3) is 0 Å². The molecule has 0 saturated heterocycles. The molecule has 12 heavy (non-hydrogen) atoms. The van der Waals surface area contributed by atoms with Gasteiger partial charge in [0, 0.05) is 0 Å². The van der Waals surface area contributed by atoms with Crippen molar-refractivity contribution in [3.05, 3.63) is 35.4 Å². The van der Waals surface area contributed by atoms with Gasteiger partial charge in [0.25, 0.3) is 0 Å². The van der Waals surface area contributed by atoms with Crippen molar-refractivity contribution in [1.82, 2.24) is 0 Å². The van der Waals surface area contributed by atoms with Crippen LogP contribution in [-0.2, 0) is 0 Å². The van der Waals surface area contributed by atoms with Crippen LogP contribution in [0.2, 0.25) is 0 Å². The fraction of sp³-hybridized carbons (Fsp3) is 0.455. The van der Waals surface area contributed by atoms with Gasteiger partial charge in [0.05, 0.1) is 0 Å². The van der Waals surface area contributed by atoms with Crippen LogP contribution in [0.1, 0.15) is 37.3 Å². The minimum atomic E-state index is 0. The zero-order valence-electron chi connectivity index (χ0n) is 8.00. The fourth-order valence-electron chi connectivity index (χ4n) is 1.13. The molecule has 0 radical (unpaired) electrons. The van der Waals surface area contributed by atoms with Crippen LogP contribution in [0.5, 0.6) is 0 Å². The Balaban J connectivity index is 0.00000121. The van der Waals surface area contributed by atoms with Crippen molar-refractivity contribution < 1.29 is 0 Å². The predicted octanol–water partition coefficient (Wildman–Crippen LogP) is 4.13. The van der Waals surface area contributed by atoms with E-state index in [4.69, 9.17) is 0 Å². The first-order valence-corrected chi connectivity index (χ1v) is 4.30. The largest absolute Gasteiger partial charge is 0.107 e. The Hall–Kier alpha value is -0.0500. The molecule has 68 valence electrons. The quantitative estimate of drug-likeness (QED) is 0.712. The summed E-state index contributed by atoms with van der Waals surface area (Å²) in [6.07, 6.45) is 1.23. The maximum Gasteiger partial charge on any atom is -0.0193 e. The predicted molar refractivity (Wildman–Crippen MR) is 65.3 cm³/mol. The molecule has 0 saturated carbocycles. The Morgan fingerprint density at radius 1 is 1.17 bits per heavy atom. The molecule has 0 aliphatic carbocycles. The van der Waals surface area contributed by atoms with Gasteiger partial charge in [-0.2, -0.15) is 0 Å². The summed E-state index contributed by atoms with van der Waals surface area (Å²) >= 11 is 0. The summed E-state index contributed by atoms with van der Waals surface area (Å²) in [6.45, 7) is 6.62. The van der Waals surface area contributed by atoms with Crippen molar-refractivity contribution >= 4 is 24.0 Å². The van der Waals surface area contributed by atoms with Crippen LogP contribution in [0, 0.1) is 6.92 Å². The molecular weight excluding hydrogens is 259 g/mol. The lowest BCUT2D eigenvalue weighted by Crippen LogP contribution is -1.89. The second kappa shape index (κ2) is 5.57. The maximum absolute atomic E-state index is 2.27. The topological polar surface area (TPSA) is 0 Å². The number of benzene rings is 1. The van der Waals surface area contributed by atoms with E-state index >= 15 is 0 Å². The van der Waals surface area contributed by atoms with Crippen molar-refractivity contribution in [2.24, 2.45) is 0 Å². The van der Waals surface area contributed by atoms with Gasteiger partial charge in [-0.25, -0.2) is 0 Å². The second-order valence-corrected chi connectivity index (χ2v) is 3.22. The zero-order valence-corrected chi connectivity index (χ0v) is 10.3. The molecule has 0 aliphatic heterocycles. The van der Waals surface area contributed by atoms with E-state index in [9.17, 15) is 0 Å². The van der Waals surface area contributed by atoms with E-state index in [2.05, 4.69) is 45.0 Å². The molecule has 0 N–H and O–H groups in total. The van der Waals surface area contributed by atoms with Crippen molar-refractivity contribution in [3.63, 3.8) is 0 Å². The highest BCUT2D eigenvalue weighted by Crippen LogP contribution is 2.18. The number of hydrogen-bond donors (Lipinski definition) is 0. The van der Waals surface area contributed by atoms with E-state index in [1.54, 1.807) is 0 Å². The Morgan fingerprint density at radius 2 is 1.67 bits per heavy atom. The lowest BCUT2D eigenvalue weighted by molar-refractivity contribution is 0.733. The van der Waals surface area contributed by atoms with Gasteiger partial charge in [-0.05, 0) is 24.8 Å². The Bertz CT molecular complexity index is 213. The molecular formula is C11H17I. The SMILES string of the molecule is CC[C@H](C)c1ccc(C)cc1.I. The Kier molecular flexibility index (Phi) is 5.55. The molecule has 0 aromatic heterocycles. The van der Waals surface area contributed by atoms with Crippen LogP contribution in [0.4, 0.5) is 0 Å². The van der Waals surface area contributed by atoms with E-state index < -0.39 is 0 Å². The van der Waals surface area contributed by atoms with Gasteiger partial charge in [-0.15, -0.1) is 24.0 Å². The van der Waals surface area contributed by atoms with Crippen LogP contribution in [0.15, 0.2) is 24.3 Å².